The van der Waals surface area contributed by atoms with Gasteiger partial charge in [0.25, 0.3) is 0 Å². The highest BCUT2D eigenvalue weighted by Gasteiger charge is 2.54. The Labute approximate surface area is 283 Å². The van der Waals surface area contributed by atoms with Gasteiger partial charge < -0.3 is 10.2 Å². The van der Waals surface area contributed by atoms with Crippen molar-refractivity contribution in [1.29, 1.82) is 0 Å². The van der Waals surface area contributed by atoms with Crippen LogP contribution >= 0.6 is 0 Å². The van der Waals surface area contributed by atoms with Crippen molar-refractivity contribution in [1.82, 2.24) is 20.1 Å². The molecule has 8 nitrogen and oxygen atoms in total. The standard InChI is InChI=1S/C38H57N5O3S/c1-41(2)32-16-18-33(19-17-32)47(45,46)42-24-20-31(21-25-42)35-26-36-34(37(44)39-27-30-14-10-9-11-15-30)28-40-43(36)29-38(35)22-12-7-5-3-4-6-8-13-23-38/h9-11,14-19,31,34-36,40H,3-8,12-13,20-29H2,1-2H3,(H,39,44). The Morgan fingerprint density at radius 2 is 1.51 bits per heavy atom. The first kappa shape index (κ1) is 34.4. The molecule has 1 aliphatic carbocycles. The number of hydrogen-bond donors (Lipinski definition) is 2. The van der Waals surface area contributed by atoms with Gasteiger partial charge in [0, 0.05) is 58.5 Å². The second kappa shape index (κ2) is 15.4. The summed E-state index contributed by atoms with van der Waals surface area (Å²) in [7, 11) is 0.396. The molecule has 3 saturated heterocycles. The molecule has 1 amide bonds. The van der Waals surface area contributed by atoms with Crippen LogP contribution in [0.25, 0.3) is 0 Å². The highest BCUT2D eigenvalue weighted by Crippen LogP contribution is 2.53. The van der Waals surface area contributed by atoms with Crippen molar-refractivity contribution in [3.05, 3.63) is 60.2 Å². The van der Waals surface area contributed by atoms with E-state index in [0.717, 1.165) is 37.1 Å². The van der Waals surface area contributed by atoms with E-state index in [0.29, 0.717) is 42.9 Å². The molecule has 1 spiro atoms. The summed E-state index contributed by atoms with van der Waals surface area (Å²) >= 11 is 0. The van der Waals surface area contributed by atoms with E-state index in [-0.39, 0.29) is 23.3 Å². The van der Waals surface area contributed by atoms with Crippen molar-refractivity contribution in [2.24, 2.45) is 23.2 Å². The molecule has 3 aliphatic heterocycles. The second-order valence-corrected chi connectivity index (χ2v) is 17.0. The summed E-state index contributed by atoms with van der Waals surface area (Å²) in [5.41, 5.74) is 6.02. The lowest BCUT2D eigenvalue weighted by Gasteiger charge is -2.54. The third kappa shape index (κ3) is 7.90. The Kier molecular flexibility index (Phi) is 11.3. The summed E-state index contributed by atoms with van der Waals surface area (Å²) in [6.45, 7) is 3.39. The van der Waals surface area contributed by atoms with E-state index in [1.54, 1.807) is 16.4 Å². The molecular formula is C38H57N5O3S. The molecule has 0 bridgehead atoms. The van der Waals surface area contributed by atoms with Crippen LogP contribution in [0.4, 0.5) is 5.69 Å². The fraction of sp³-hybridized carbons (Fsp3) is 0.658. The third-order valence-corrected chi connectivity index (χ3v) is 13.9. The average molecular weight is 664 g/mol. The fourth-order valence-electron chi connectivity index (χ4n) is 9.25. The van der Waals surface area contributed by atoms with Crippen molar-refractivity contribution < 1.29 is 13.2 Å². The molecule has 4 fully saturated rings. The second-order valence-electron chi connectivity index (χ2n) is 15.0. The number of carbonyl (C=O) groups is 1. The average Bonchev–Trinajstić information content (AvgIpc) is 3.48. The molecule has 1 saturated carbocycles. The summed E-state index contributed by atoms with van der Waals surface area (Å²) in [4.78, 5) is 16.0. The lowest BCUT2D eigenvalue weighted by atomic mass is 9.58. The zero-order valence-electron chi connectivity index (χ0n) is 28.7. The van der Waals surface area contributed by atoms with Crippen molar-refractivity contribution in [3.63, 3.8) is 0 Å². The number of carbonyl (C=O) groups excluding carboxylic acids is 1. The summed E-state index contributed by atoms with van der Waals surface area (Å²) in [6.07, 6.45) is 15.8. The van der Waals surface area contributed by atoms with E-state index in [2.05, 4.69) is 27.9 Å². The Morgan fingerprint density at radius 3 is 2.13 bits per heavy atom. The van der Waals surface area contributed by atoms with E-state index < -0.39 is 10.0 Å². The molecule has 2 aromatic rings. The Hall–Kier alpha value is -2.46. The van der Waals surface area contributed by atoms with Gasteiger partial charge in [-0.2, -0.15) is 4.31 Å². The number of nitrogens with one attached hydrogen (secondary N) is 2. The predicted molar refractivity (Wildman–Crippen MR) is 189 cm³/mol. The highest BCUT2D eigenvalue weighted by molar-refractivity contribution is 7.89. The van der Waals surface area contributed by atoms with Gasteiger partial charge in [0.2, 0.25) is 15.9 Å². The Bertz CT molecular complexity index is 1400. The van der Waals surface area contributed by atoms with Gasteiger partial charge in [0.1, 0.15) is 0 Å². The first-order valence-corrected chi connectivity index (χ1v) is 19.8. The molecule has 2 aromatic carbocycles. The first-order valence-electron chi connectivity index (χ1n) is 18.4. The lowest BCUT2D eigenvalue weighted by Crippen LogP contribution is -2.58. The number of fused-ring (bicyclic) bond motifs is 1. The molecule has 0 aromatic heterocycles. The van der Waals surface area contributed by atoms with Crippen LogP contribution in [0.1, 0.15) is 89.0 Å². The maximum absolute atomic E-state index is 13.7. The Morgan fingerprint density at radius 1 is 0.894 bits per heavy atom. The minimum absolute atomic E-state index is 0.0769. The van der Waals surface area contributed by atoms with Gasteiger partial charge in [-0.1, -0.05) is 81.7 Å². The molecule has 4 aliphatic rings. The third-order valence-electron chi connectivity index (χ3n) is 12.0. The van der Waals surface area contributed by atoms with Crippen LogP contribution in [-0.4, -0.2) is 70.0 Å². The van der Waals surface area contributed by atoms with Crippen LogP contribution in [-0.2, 0) is 21.4 Å². The summed E-state index contributed by atoms with van der Waals surface area (Å²) in [5.74, 6) is 1.04. The molecule has 47 heavy (non-hydrogen) atoms. The molecular weight excluding hydrogens is 607 g/mol. The van der Waals surface area contributed by atoms with Gasteiger partial charge in [0.05, 0.1) is 10.8 Å². The number of amides is 1. The zero-order chi connectivity index (χ0) is 32.9. The molecule has 0 radical (unpaired) electrons. The smallest absolute Gasteiger partial charge is 0.243 e. The largest absolute Gasteiger partial charge is 0.378 e. The number of anilines is 1. The van der Waals surface area contributed by atoms with Crippen molar-refractivity contribution in [3.8, 4) is 0 Å². The quantitative estimate of drug-likeness (QED) is 0.368. The molecule has 258 valence electrons. The zero-order valence-corrected chi connectivity index (χ0v) is 29.5. The monoisotopic (exact) mass is 663 g/mol. The van der Waals surface area contributed by atoms with Crippen LogP contribution in [0.2, 0.25) is 0 Å². The fourth-order valence-corrected chi connectivity index (χ4v) is 10.7. The van der Waals surface area contributed by atoms with Crippen LogP contribution in [0.15, 0.2) is 59.5 Å². The van der Waals surface area contributed by atoms with E-state index >= 15 is 0 Å². The number of piperidine rings is 2. The molecule has 6 rings (SSSR count). The summed E-state index contributed by atoms with van der Waals surface area (Å²) < 4.78 is 29.2. The lowest BCUT2D eigenvalue weighted by molar-refractivity contribution is -0.128. The van der Waals surface area contributed by atoms with E-state index in [1.165, 1.54) is 64.2 Å². The number of nitrogens with zero attached hydrogens (tertiary/aromatic N) is 3. The topological polar surface area (TPSA) is 85.0 Å². The maximum atomic E-state index is 13.7. The number of hydrazine groups is 1. The van der Waals surface area contributed by atoms with Gasteiger partial charge in [0.15, 0.2) is 0 Å². The van der Waals surface area contributed by atoms with Gasteiger partial charge in [-0.05, 0) is 79.2 Å². The SMILES string of the molecule is CN(C)c1ccc(S(=O)(=O)N2CCC(C3CC4C(C(=O)NCc5ccccc5)CNN4CC34CCCCCCCCCC4)CC2)cc1. The normalized spacial score (nSPS) is 26.7. The van der Waals surface area contributed by atoms with Crippen LogP contribution in [0.3, 0.4) is 0 Å². The highest BCUT2D eigenvalue weighted by atomic mass is 32.2. The number of sulfonamides is 1. The summed E-state index contributed by atoms with van der Waals surface area (Å²) in [5, 5.41) is 5.70. The van der Waals surface area contributed by atoms with Crippen molar-refractivity contribution in [2.45, 2.75) is 101 Å². The number of benzene rings is 2. The first-order chi connectivity index (χ1) is 22.8. The van der Waals surface area contributed by atoms with E-state index in [9.17, 15) is 13.2 Å². The minimum atomic E-state index is -3.54. The van der Waals surface area contributed by atoms with Crippen LogP contribution in [0.5, 0.6) is 0 Å². The Balaban J connectivity index is 1.19. The molecule has 3 heterocycles. The summed E-state index contributed by atoms with van der Waals surface area (Å²) in [6, 6.07) is 17.6. The predicted octanol–water partition coefficient (Wildman–Crippen LogP) is 6.20. The molecule has 2 N–H and O–H groups in total. The maximum Gasteiger partial charge on any atom is 0.243 e. The van der Waals surface area contributed by atoms with Crippen LogP contribution < -0.4 is 15.6 Å². The molecule has 3 atom stereocenters. The van der Waals surface area contributed by atoms with E-state index in [4.69, 9.17) is 0 Å². The molecule has 3 unspecified atom stereocenters. The minimum Gasteiger partial charge on any atom is -0.378 e. The van der Waals surface area contributed by atoms with Gasteiger partial charge in [-0.3, -0.25) is 10.2 Å². The number of rotatable bonds is 7. The van der Waals surface area contributed by atoms with Crippen molar-refractivity contribution in [2.75, 3.05) is 45.2 Å². The van der Waals surface area contributed by atoms with Gasteiger partial charge in [-0.25, -0.2) is 13.4 Å². The van der Waals surface area contributed by atoms with Gasteiger partial charge >= 0.3 is 0 Å². The van der Waals surface area contributed by atoms with Crippen molar-refractivity contribution >= 4 is 21.6 Å². The van der Waals surface area contributed by atoms with Gasteiger partial charge in [-0.15, -0.1) is 0 Å². The van der Waals surface area contributed by atoms with E-state index in [1.807, 2.05) is 49.3 Å². The number of hydrogen-bond acceptors (Lipinski definition) is 6. The molecule has 9 heteroatoms. The van der Waals surface area contributed by atoms with Crippen LogP contribution in [0, 0.1) is 23.2 Å².